The zero-order valence-electron chi connectivity index (χ0n) is 18.8. The van der Waals surface area contributed by atoms with Gasteiger partial charge in [0, 0.05) is 36.8 Å². The number of furan rings is 1. The van der Waals surface area contributed by atoms with E-state index in [9.17, 15) is 27.2 Å². The van der Waals surface area contributed by atoms with E-state index in [2.05, 4.69) is 5.32 Å². The normalized spacial score (nSPS) is 14.8. The van der Waals surface area contributed by atoms with Crippen molar-refractivity contribution >= 4 is 39.2 Å². The van der Waals surface area contributed by atoms with Crippen LogP contribution in [0.1, 0.15) is 20.9 Å². The molecule has 1 aromatic heterocycles. The van der Waals surface area contributed by atoms with Crippen LogP contribution in [-0.4, -0.2) is 67.5 Å². The molecule has 0 bridgehead atoms. The molecule has 0 saturated carbocycles. The van der Waals surface area contributed by atoms with Crippen molar-refractivity contribution in [2.45, 2.75) is 10.3 Å². The van der Waals surface area contributed by atoms with Gasteiger partial charge in [0.25, 0.3) is 17.7 Å². The van der Waals surface area contributed by atoms with Crippen LogP contribution in [0.3, 0.4) is 0 Å². The summed E-state index contributed by atoms with van der Waals surface area (Å²) in [7, 11) is -4.38. The van der Waals surface area contributed by atoms with Crippen LogP contribution in [-0.2, 0) is 14.6 Å². The molecule has 0 aliphatic carbocycles. The monoisotopic (exact) mass is 533 g/mol. The van der Waals surface area contributed by atoms with E-state index in [0.717, 1.165) is 6.07 Å². The Morgan fingerprint density at radius 3 is 2.22 bits per heavy atom. The first-order valence-corrected chi connectivity index (χ1v) is 12.8. The van der Waals surface area contributed by atoms with E-state index in [0.29, 0.717) is 5.02 Å². The molecule has 0 unspecified atom stereocenters. The number of rotatable bonds is 6. The van der Waals surface area contributed by atoms with Crippen LogP contribution in [0.5, 0.6) is 0 Å². The number of hydrogen-bond acceptors (Lipinski definition) is 6. The molecule has 12 heteroatoms. The molecule has 1 aliphatic rings. The Hall–Kier alpha value is -3.70. The molecule has 2 aromatic carbocycles. The van der Waals surface area contributed by atoms with Crippen LogP contribution in [0.15, 0.2) is 76.2 Å². The van der Waals surface area contributed by atoms with Crippen molar-refractivity contribution in [2.75, 3.05) is 26.2 Å². The van der Waals surface area contributed by atoms with Gasteiger partial charge < -0.3 is 19.5 Å². The Balaban J connectivity index is 1.53. The average molecular weight is 534 g/mol. The van der Waals surface area contributed by atoms with Crippen molar-refractivity contribution in [1.82, 2.24) is 15.1 Å². The molecule has 3 amide bonds. The maximum Gasteiger partial charge on any atom is 0.288 e. The molecular formula is C24H21ClFN3O6S. The number of carbonyl (C=O) groups is 3. The first-order chi connectivity index (χ1) is 17.2. The van der Waals surface area contributed by atoms with E-state index < -0.39 is 38.7 Å². The summed E-state index contributed by atoms with van der Waals surface area (Å²) in [5, 5.41) is 0.627. The molecule has 1 atom stereocenters. The summed E-state index contributed by atoms with van der Waals surface area (Å²) >= 11 is 5.86. The van der Waals surface area contributed by atoms with Crippen molar-refractivity contribution in [1.29, 1.82) is 0 Å². The topological polar surface area (TPSA) is 117 Å². The SMILES string of the molecule is O=C(N[C@@H](C(=O)N1CCN(C(=O)c2cccc(F)c2)CC1)S(=O)(=O)c1ccc(Cl)cc1)c1ccco1. The second kappa shape index (κ2) is 10.5. The summed E-state index contributed by atoms with van der Waals surface area (Å²) in [6.07, 6.45) is 1.24. The van der Waals surface area contributed by atoms with E-state index >= 15 is 0 Å². The first-order valence-electron chi connectivity index (χ1n) is 10.8. The smallest absolute Gasteiger partial charge is 0.288 e. The molecule has 4 rings (SSSR count). The molecule has 1 saturated heterocycles. The number of halogens is 2. The van der Waals surface area contributed by atoms with Gasteiger partial charge in [-0.05, 0) is 54.6 Å². The highest BCUT2D eigenvalue weighted by Crippen LogP contribution is 2.21. The van der Waals surface area contributed by atoms with Gasteiger partial charge in [0.2, 0.25) is 15.2 Å². The maximum absolute atomic E-state index is 13.5. The number of carbonyl (C=O) groups excluding carboxylic acids is 3. The van der Waals surface area contributed by atoms with Gasteiger partial charge in [-0.1, -0.05) is 17.7 Å². The summed E-state index contributed by atoms with van der Waals surface area (Å²) in [5.41, 5.74) is 0.170. The molecule has 188 valence electrons. The number of nitrogens with one attached hydrogen (secondary N) is 1. The molecule has 9 nitrogen and oxygen atoms in total. The van der Waals surface area contributed by atoms with Crippen LogP contribution < -0.4 is 5.32 Å². The lowest BCUT2D eigenvalue weighted by Crippen LogP contribution is -2.57. The predicted octanol–water partition coefficient (Wildman–Crippen LogP) is 2.59. The molecular weight excluding hydrogens is 513 g/mol. The average Bonchev–Trinajstić information content (AvgIpc) is 3.42. The van der Waals surface area contributed by atoms with Crippen LogP contribution in [0.4, 0.5) is 4.39 Å². The Kier molecular flexibility index (Phi) is 7.41. The Labute approximate surface area is 211 Å². The molecule has 1 aliphatic heterocycles. The van der Waals surface area contributed by atoms with Crippen molar-refractivity contribution in [3.05, 3.63) is 89.1 Å². The van der Waals surface area contributed by atoms with Gasteiger partial charge in [0.1, 0.15) is 5.82 Å². The number of benzene rings is 2. The van der Waals surface area contributed by atoms with Crippen molar-refractivity contribution < 1.29 is 31.6 Å². The third-order valence-electron chi connectivity index (χ3n) is 5.63. The molecule has 1 N–H and O–H groups in total. The van der Waals surface area contributed by atoms with Crippen molar-refractivity contribution in [3.8, 4) is 0 Å². The molecule has 0 radical (unpaired) electrons. The summed E-state index contributed by atoms with van der Waals surface area (Å²) in [6.45, 7) is 0.230. The Bertz CT molecular complexity index is 1370. The Morgan fingerprint density at radius 2 is 1.61 bits per heavy atom. The zero-order valence-corrected chi connectivity index (χ0v) is 20.3. The highest BCUT2D eigenvalue weighted by molar-refractivity contribution is 7.92. The highest BCUT2D eigenvalue weighted by atomic mass is 35.5. The summed E-state index contributed by atoms with van der Waals surface area (Å²) in [6, 6.07) is 13.3. The van der Waals surface area contributed by atoms with E-state index in [-0.39, 0.29) is 42.4 Å². The predicted molar refractivity (Wildman–Crippen MR) is 127 cm³/mol. The first kappa shape index (κ1) is 25.4. The lowest BCUT2D eigenvalue weighted by atomic mass is 10.1. The van der Waals surface area contributed by atoms with Crippen LogP contribution in [0.25, 0.3) is 0 Å². The maximum atomic E-state index is 13.5. The second-order valence-electron chi connectivity index (χ2n) is 7.96. The van der Waals surface area contributed by atoms with Crippen LogP contribution in [0, 0.1) is 5.82 Å². The van der Waals surface area contributed by atoms with Crippen LogP contribution in [0.2, 0.25) is 5.02 Å². The fourth-order valence-electron chi connectivity index (χ4n) is 3.73. The van der Waals surface area contributed by atoms with Gasteiger partial charge >= 0.3 is 0 Å². The van der Waals surface area contributed by atoms with Gasteiger partial charge in [-0.3, -0.25) is 14.4 Å². The fourth-order valence-corrected chi connectivity index (χ4v) is 5.32. The quantitative estimate of drug-likeness (QED) is 0.520. The summed E-state index contributed by atoms with van der Waals surface area (Å²) in [4.78, 5) is 41.2. The number of piperazine rings is 1. The molecule has 3 aromatic rings. The van der Waals surface area contributed by atoms with Gasteiger partial charge in [-0.2, -0.15) is 0 Å². The van der Waals surface area contributed by atoms with Crippen molar-refractivity contribution in [3.63, 3.8) is 0 Å². The zero-order chi connectivity index (χ0) is 25.9. The lowest BCUT2D eigenvalue weighted by molar-refractivity contribution is -0.132. The molecule has 2 heterocycles. The number of nitrogens with zero attached hydrogens (tertiary/aromatic N) is 2. The number of sulfone groups is 1. The third kappa shape index (κ3) is 5.42. The highest BCUT2D eigenvalue weighted by Gasteiger charge is 2.40. The minimum atomic E-state index is -4.38. The molecule has 0 spiro atoms. The van der Waals surface area contributed by atoms with E-state index in [1.165, 1.54) is 70.7 Å². The van der Waals surface area contributed by atoms with Gasteiger partial charge in [-0.25, -0.2) is 12.8 Å². The minimum absolute atomic E-state index is 0.0170. The standard InChI is InChI=1S/C24H21ClFN3O6S/c25-17-6-8-19(9-7-17)36(33,34)22(27-21(30)20-5-2-14-35-20)24(32)29-12-10-28(11-13-29)23(31)16-3-1-4-18(26)15-16/h1-9,14-15,22H,10-13H2,(H,27,30)/t22-/m1/s1. The van der Waals surface area contributed by atoms with Gasteiger partial charge in [-0.15, -0.1) is 0 Å². The summed E-state index contributed by atoms with van der Waals surface area (Å²) < 4.78 is 45.3. The van der Waals surface area contributed by atoms with Gasteiger partial charge in [0.05, 0.1) is 11.2 Å². The second-order valence-corrected chi connectivity index (χ2v) is 10.4. The van der Waals surface area contributed by atoms with Crippen LogP contribution >= 0.6 is 11.6 Å². The summed E-state index contributed by atoms with van der Waals surface area (Å²) in [5.74, 6) is -2.85. The lowest BCUT2D eigenvalue weighted by Gasteiger charge is -2.36. The van der Waals surface area contributed by atoms with Crippen molar-refractivity contribution in [2.24, 2.45) is 0 Å². The number of hydrogen-bond donors (Lipinski definition) is 1. The fraction of sp³-hybridized carbons (Fsp3) is 0.208. The largest absolute Gasteiger partial charge is 0.459 e. The molecule has 1 fully saturated rings. The molecule has 36 heavy (non-hydrogen) atoms. The van der Waals surface area contributed by atoms with E-state index in [1.54, 1.807) is 0 Å². The Morgan fingerprint density at radius 1 is 0.944 bits per heavy atom. The number of amides is 3. The third-order valence-corrected chi connectivity index (χ3v) is 7.76. The van der Waals surface area contributed by atoms with E-state index in [1.807, 2.05) is 0 Å². The van der Waals surface area contributed by atoms with E-state index in [4.69, 9.17) is 16.0 Å². The van der Waals surface area contributed by atoms with Gasteiger partial charge in [0.15, 0.2) is 5.76 Å². The minimum Gasteiger partial charge on any atom is -0.459 e.